The monoisotopic (exact) mass is 304 g/mol. The summed E-state index contributed by atoms with van der Waals surface area (Å²) in [5.41, 5.74) is 6.74. The second kappa shape index (κ2) is 6.80. The van der Waals surface area contributed by atoms with Gasteiger partial charge in [0.15, 0.2) is 0 Å². The van der Waals surface area contributed by atoms with Gasteiger partial charge in [0, 0.05) is 30.8 Å². The smallest absolute Gasteiger partial charge is 0.222 e. The molecule has 7 heteroatoms. The molecule has 1 aliphatic carbocycles. The number of nitrogens with one attached hydrogen (secondary N) is 1. The van der Waals surface area contributed by atoms with Gasteiger partial charge in [-0.2, -0.15) is 0 Å². The summed E-state index contributed by atoms with van der Waals surface area (Å²) < 4.78 is 0. The zero-order valence-corrected chi connectivity index (χ0v) is 12.8. The van der Waals surface area contributed by atoms with E-state index in [4.69, 9.17) is 5.73 Å². The number of nitrogens with zero attached hydrogens (tertiary/aromatic N) is 4. The summed E-state index contributed by atoms with van der Waals surface area (Å²) in [6.07, 6.45) is 8.86. The van der Waals surface area contributed by atoms with Crippen molar-refractivity contribution in [2.24, 2.45) is 0 Å². The summed E-state index contributed by atoms with van der Waals surface area (Å²) in [6.45, 7) is 0.827. The molecule has 3 N–H and O–H groups in total. The van der Waals surface area contributed by atoms with Crippen LogP contribution in [0.15, 0.2) is 12.3 Å². The first-order valence-corrected chi connectivity index (χ1v) is 8.27. The molecule has 0 radical (unpaired) electrons. The number of hydrogen-bond donors (Lipinski definition) is 2. The van der Waals surface area contributed by atoms with Gasteiger partial charge in [-0.15, -0.1) is 10.2 Å². The Balaban J connectivity index is 1.47. The Hall–Kier alpha value is -1.76. The number of aryl methyl sites for hydroxylation is 1. The van der Waals surface area contributed by atoms with Gasteiger partial charge in [0.05, 0.1) is 0 Å². The molecule has 0 amide bonds. The first kappa shape index (κ1) is 14.2. The van der Waals surface area contributed by atoms with E-state index in [1.807, 2.05) is 12.3 Å². The fourth-order valence-electron chi connectivity index (χ4n) is 2.71. The summed E-state index contributed by atoms with van der Waals surface area (Å²) in [5, 5.41) is 12.6. The van der Waals surface area contributed by atoms with Crippen LogP contribution in [0.4, 0.5) is 11.1 Å². The average Bonchev–Trinajstić information content (AvgIpc) is 3.16. The van der Waals surface area contributed by atoms with Gasteiger partial charge < -0.3 is 11.1 Å². The lowest BCUT2D eigenvalue weighted by Crippen LogP contribution is -2.08. The Bertz CT molecular complexity index is 578. The minimum atomic E-state index is 0.533. The molecular formula is C14H20N6S. The van der Waals surface area contributed by atoms with Crippen LogP contribution in [0.3, 0.4) is 0 Å². The molecule has 2 aromatic rings. The molecule has 2 aromatic heterocycles. The van der Waals surface area contributed by atoms with Gasteiger partial charge in [-0.3, -0.25) is 0 Å². The van der Waals surface area contributed by atoms with E-state index in [1.165, 1.54) is 42.7 Å². The third kappa shape index (κ3) is 3.87. The quantitative estimate of drug-likeness (QED) is 0.797. The lowest BCUT2D eigenvalue weighted by Gasteiger charge is -2.10. The predicted octanol–water partition coefficient (Wildman–Crippen LogP) is 2.61. The predicted molar refractivity (Wildman–Crippen MR) is 84.4 cm³/mol. The third-order valence-electron chi connectivity index (χ3n) is 3.78. The second-order valence-corrected chi connectivity index (χ2v) is 6.44. The van der Waals surface area contributed by atoms with Gasteiger partial charge in [0.25, 0.3) is 0 Å². The fraction of sp³-hybridized carbons (Fsp3) is 0.571. The lowest BCUT2D eigenvalue weighted by molar-refractivity contribution is 0.694. The van der Waals surface area contributed by atoms with Crippen LogP contribution in [0.1, 0.15) is 48.7 Å². The zero-order valence-electron chi connectivity index (χ0n) is 12.0. The molecule has 0 aromatic carbocycles. The van der Waals surface area contributed by atoms with Gasteiger partial charge in [0.1, 0.15) is 5.01 Å². The number of anilines is 2. The Morgan fingerprint density at radius 2 is 2.14 bits per heavy atom. The van der Waals surface area contributed by atoms with Crippen molar-refractivity contribution in [2.45, 2.75) is 44.4 Å². The fourth-order valence-corrected chi connectivity index (χ4v) is 3.37. The highest BCUT2D eigenvalue weighted by molar-refractivity contribution is 7.15. The normalized spacial score (nSPS) is 15.4. The number of nitrogens with two attached hydrogens (primary N) is 1. The molecule has 1 fully saturated rings. The van der Waals surface area contributed by atoms with Crippen LogP contribution in [-0.2, 0) is 6.42 Å². The van der Waals surface area contributed by atoms with E-state index in [1.54, 1.807) is 0 Å². The average molecular weight is 304 g/mol. The Morgan fingerprint density at radius 1 is 1.29 bits per heavy atom. The van der Waals surface area contributed by atoms with E-state index in [-0.39, 0.29) is 0 Å². The van der Waals surface area contributed by atoms with Gasteiger partial charge in [-0.1, -0.05) is 24.2 Å². The first-order chi connectivity index (χ1) is 10.3. The zero-order chi connectivity index (χ0) is 14.5. The number of rotatable bonds is 6. The van der Waals surface area contributed by atoms with Crippen molar-refractivity contribution >= 4 is 22.4 Å². The minimum absolute atomic E-state index is 0.533. The molecule has 1 aliphatic rings. The topological polar surface area (TPSA) is 89.6 Å². The maximum atomic E-state index is 5.56. The standard InChI is InChI=1S/C14H20N6S/c15-13-20-19-12(21-13)6-3-8-16-14-17-9-7-11(18-14)10-4-1-2-5-10/h7,9-10H,1-6,8H2,(H2,15,20)(H,16,17,18). The van der Waals surface area contributed by atoms with Gasteiger partial charge in [-0.05, 0) is 25.3 Å². The van der Waals surface area contributed by atoms with Gasteiger partial charge in [0.2, 0.25) is 11.1 Å². The molecule has 0 bridgehead atoms. The van der Waals surface area contributed by atoms with Crippen molar-refractivity contribution in [3.05, 3.63) is 23.0 Å². The molecular weight excluding hydrogens is 284 g/mol. The summed E-state index contributed by atoms with van der Waals surface area (Å²) in [5.74, 6) is 1.36. The van der Waals surface area contributed by atoms with Crippen LogP contribution in [0.2, 0.25) is 0 Å². The van der Waals surface area contributed by atoms with Crippen LogP contribution in [0, 0.1) is 0 Å². The van der Waals surface area contributed by atoms with Crippen LogP contribution in [-0.4, -0.2) is 26.7 Å². The third-order valence-corrected chi connectivity index (χ3v) is 4.60. The second-order valence-electron chi connectivity index (χ2n) is 5.35. The van der Waals surface area contributed by atoms with E-state index in [9.17, 15) is 0 Å². The molecule has 0 atom stereocenters. The molecule has 21 heavy (non-hydrogen) atoms. The Kier molecular flexibility index (Phi) is 4.59. The van der Waals surface area contributed by atoms with Crippen molar-refractivity contribution in [3.8, 4) is 0 Å². The van der Waals surface area contributed by atoms with Crippen molar-refractivity contribution < 1.29 is 0 Å². The van der Waals surface area contributed by atoms with Gasteiger partial charge in [-0.25, -0.2) is 9.97 Å². The SMILES string of the molecule is Nc1nnc(CCCNc2nccc(C3CCCC3)n2)s1. The van der Waals surface area contributed by atoms with E-state index in [0.29, 0.717) is 11.0 Å². The molecule has 6 nitrogen and oxygen atoms in total. The maximum absolute atomic E-state index is 5.56. The van der Waals surface area contributed by atoms with Crippen LogP contribution < -0.4 is 11.1 Å². The van der Waals surface area contributed by atoms with Crippen molar-refractivity contribution in [3.63, 3.8) is 0 Å². The lowest BCUT2D eigenvalue weighted by atomic mass is 10.0. The molecule has 1 saturated carbocycles. The maximum Gasteiger partial charge on any atom is 0.222 e. The Labute approximate surface area is 128 Å². The van der Waals surface area contributed by atoms with Crippen molar-refractivity contribution in [2.75, 3.05) is 17.6 Å². The highest BCUT2D eigenvalue weighted by Gasteiger charge is 2.18. The first-order valence-electron chi connectivity index (χ1n) is 7.46. The summed E-state index contributed by atoms with van der Waals surface area (Å²) in [6, 6.07) is 2.05. The summed E-state index contributed by atoms with van der Waals surface area (Å²) in [4.78, 5) is 8.93. The molecule has 2 heterocycles. The number of hydrogen-bond acceptors (Lipinski definition) is 7. The molecule has 0 spiro atoms. The number of aromatic nitrogens is 4. The molecule has 0 saturated heterocycles. The van der Waals surface area contributed by atoms with E-state index in [2.05, 4.69) is 25.5 Å². The van der Waals surface area contributed by atoms with Crippen LogP contribution >= 0.6 is 11.3 Å². The van der Waals surface area contributed by atoms with E-state index in [0.717, 1.165) is 30.3 Å². The minimum Gasteiger partial charge on any atom is -0.374 e. The molecule has 3 rings (SSSR count). The highest BCUT2D eigenvalue weighted by atomic mass is 32.1. The van der Waals surface area contributed by atoms with E-state index < -0.39 is 0 Å². The largest absolute Gasteiger partial charge is 0.374 e. The summed E-state index contributed by atoms with van der Waals surface area (Å²) in [7, 11) is 0. The van der Waals surface area contributed by atoms with Crippen molar-refractivity contribution in [1.29, 1.82) is 0 Å². The molecule has 112 valence electrons. The van der Waals surface area contributed by atoms with Crippen LogP contribution in [0.5, 0.6) is 0 Å². The molecule has 0 unspecified atom stereocenters. The molecule has 0 aliphatic heterocycles. The van der Waals surface area contributed by atoms with E-state index >= 15 is 0 Å². The van der Waals surface area contributed by atoms with Gasteiger partial charge >= 0.3 is 0 Å². The van der Waals surface area contributed by atoms with Crippen LogP contribution in [0.25, 0.3) is 0 Å². The Morgan fingerprint density at radius 3 is 2.90 bits per heavy atom. The highest BCUT2D eigenvalue weighted by Crippen LogP contribution is 2.32. The summed E-state index contributed by atoms with van der Waals surface area (Å²) >= 11 is 1.45. The number of nitrogen functional groups attached to an aromatic ring is 1. The van der Waals surface area contributed by atoms with Crippen molar-refractivity contribution in [1.82, 2.24) is 20.2 Å².